The number of piperidine rings is 1. The molecule has 0 N–H and O–H groups in total. The Labute approximate surface area is 115 Å². The summed E-state index contributed by atoms with van der Waals surface area (Å²) in [4.78, 5) is 2.47. The number of ether oxygens (including phenoxy) is 1. The van der Waals surface area contributed by atoms with Crippen molar-refractivity contribution in [1.29, 1.82) is 0 Å². The van der Waals surface area contributed by atoms with Crippen LogP contribution < -0.4 is 4.74 Å². The molecule has 100 valence electrons. The number of hydrogen-bond acceptors (Lipinski definition) is 2. The molecule has 1 saturated heterocycles. The van der Waals surface area contributed by atoms with Crippen LogP contribution in [0.1, 0.15) is 30.7 Å². The normalized spacial score (nSPS) is 19.7. The highest BCUT2D eigenvalue weighted by Gasteiger charge is 2.19. The highest BCUT2D eigenvalue weighted by Crippen LogP contribution is 2.26. The molecule has 1 heterocycles. The van der Waals surface area contributed by atoms with Crippen LogP contribution in [0.2, 0.25) is 0 Å². The Morgan fingerprint density at radius 3 is 2.44 bits per heavy atom. The van der Waals surface area contributed by atoms with Crippen LogP contribution in [0.15, 0.2) is 24.3 Å². The summed E-state index contributed by atoms with van der Waals surface area (Å²) in [5.41, 5.74) is 1.18. The predicted octanol–water partition coefficient (Wildman–Crippen LogP) is 3.71. The zero-order valence-electron chi connectivity index (χ0n) is 11.2. The first kappa shape index (κ1) is 13.7. The molecule has 18 heavy (non-hydrogen) atoms. The van der Waals surface area contributed by atoms with Crippen molar-refractivity contribution in [2.24, 2.45) is 5.92 Å². The van der Waals surface area contributed by atoms with E-state index in [0.29, 0.717) is 0 Å². The Hall–Kier alpha value is -0.730. The van der Waals surface area contributed by atoms with E-state index < -0.39 is 0 Å². The fourth-order valence-corrected chi connectivity index (χ4v) is 2.73. The van der Waals surface area contributed by atoms with Crippen molar-refractivity contribution in [3.05, 3.63) is 29.8 Å². The lowest BCUT2D eigenvalue weighted by atomic mass is 9.99. The summed E-state index contributed by atoms with van der Waals surface area (Å²) in [6.45, 7) is 5.64. The molecule has 0 amide bonds. The quantitative estimate of drug-likeness (QED) is 0.771. The summed E-state index contributed by atoms with van der Waals surface area (Å²) >= 11 is 6.49. The third-order valence-corrected chi connectivity index (χ3v) is 4.16. The van der Waals surface area contributed by atoms with Gasteiger partial charge in [0.25, 0.3) is 0 Å². The first-order valence-corrected chi connectivity index (χ1v) is 7.13. The Morgan fingerprint density at radius 1 is 1.28 bits per heavy atom. The lowest BCUT2D eigenvalue weighted by Crippen LogP contribution is -2.35. The van der Waals surface area contributed by atoms with Gasteiger partial charge in [0, 0.05) is 6.54 Å². The molecule has 0 bridgehead atoms. The summed E-state index contributed by atoms with van der Waals surface area (Å²) in [5.74, 6) is 1.76. The molecule has 2 rings (SSSR count). The first-order valence-electron chi connectivity index (χ1n) is 6.69. The molecule has 1 aliphatic heterocycles. The second-order valence-electron chi connectivity index (χ2n) is 5.22. The van der Waals surface area contributed by atoms with Gasteiger partial charge in [-0.25, -0.2) is 0 Å². The molecule has 0 spiro atoms. The SMILES string of the molecule is COc1ccc(C(Cl)CN2CCC(C)CC2)cc1. The molecule has 1 atom stereocenters. The highest BCUT2D eigenvalue weighted by molar-refractivity contribution is 6.21. The van der Waals surface area contributed by atoms with Crippen molar-refractivity contribution >= 4 is 11.6 Å². The van der Waals surface area contributed by atoms with Crippen LogP contribution in [0.5, 0.6) is 5.75 Å². The largest absolute Gasteiger partial charge is 0.497 e. The molecule has 0 radical (unpaired) electrons. The number of nitrogens with zero attached hydrogens (tertiary/aromatic N) is 1. The van der Waals surface area contributed by atoms with E-state index in [4.69, 9.17) is 16.3 Å². The average Bonchev–Trinajstić information content (AvgIpc) is 2.41. The average molecular weight is 268 g/mol. The maximum Gasteiger partial charge on any atom is 0.118 e. The molecule has 1 aromatic carbocycles. The van der Waals surface area contributed by atoms with Crippen LogP contribution in [-0.4, -0.2) is 31.6 Å². The van der Waals surface area contributed by atoms with E-state index in [1.807, 2.05) is 12.1 Å². The van der Waals surface area contributed by atoms with Crippen LogP contribution >= 0.6 is 11.6 Å². The van der Waals surface area contributed by atoms with Gasteiger partial charge in [-0.05, 0) is 49.5 Å². The lowest BCUT2D eigenvalue weighted by Gasteiger charge is -2.31. The predicted molar refractivity (Wildman–Crippen MR) is 76.4 cm³/mol. The molecule has 3 heteroatoms. The van der Waals surface area contributed by atoms with Gasteiger partial charge >= 0.3 is 0 Å². The summed E-state index contributed by atoms with van der Waals surface area (Å²) in [7, 11) is 1.68. The minimum atomic E-state index is 0.0734. The second-order valence-corrected chi connectivity index (χ2v) is 5.75. The smallest absolute Gasteiger partial charge is 0.118 e. The maximum atomic E-state index is 6.49. The third-order valence-electron chi connectivity index (χ3n) is 3.77. The first-order chi connectivity index (χ1) is 8.69. The van der Waals surface area contributed by atoms with Crippen molar-refractivity contribution in [2.45, 2.75) is 25.1 Å². The molecular formula is C15H22ClNO. The van der Waals surface area contributed by atoms with E-state index in [9.17, 15) is 0 Å². The molecule has 1 aromatic rings. The standard InChI is InChI=1S/C15H22ClNO/c1-12-7-9-17(10-8-12)11-15(16)13-3-5-14(18-2)6-4-13/h3-6,12,15H,7-11H2,1-2H3. The van der Waals surface area contributed by atoms with Gasteiger partial charge in [-0.15, -0.1) is 11.6 Å². The van der Waals surface area contributed by atoms with Crippen LogP contribution in [0, 0.1) is 5.92 Å². The van der Waals surface area contributed by atoms with Gasteiger partial charge in [-0.1, -0.05) is 19.1 Å². The fraction of sp³-hybridized carbons (Fsp3) is 0.600. The molecular weight excluding hydrogens is 246 g/mol. The van der Waals surface area contributed by atoms with E-state index in [-0.39, 0.29) is 5.38 Å². The molecule has 1 aliphatic rings. The third kappa shape index (κ3) is 3.63. The Balaban J connectivity index is 1.88. The summed E-state index contributed by atoms with van der Waals surface area (Å²) < 4.78 is 5.16. The fourth-order valence-electron chi connectivity index (χ4n) is 2.39. The van der Waals surface area contributed by atoms with E-state index in [1.165, 1.54) is 31.5 Å². The van der Waals surface area contributed by atoms with E-state index >= 15 is 0 Å². The zero-order chi connectivity index (χ0) is 13.0. The number of methoxy groups -OCH3 is 1. The van der Waals surface area contributed by atoms with Crippen molar-refractivity contribution in [3.63, 3.8) is 0 Å². The number of hydrogen-bond donors (Lipinski definition) is 0. The summed E-state index contributed by atoms with van der Waals surface area (Å²) in [6, 6.07) is 8.07. The van der Waals surface area contributed by atoms with E-state index in [1.54, 1.807) is 7.11 Å². The van der Waals surface area contributed by atoms with Crippen LogP contribution in [0.4, 0.5) is 0 Å². The van der Waals surface area contributed by atoms with Crippen molar-refractivity contribution in [1.82, 2.24) is 4.90 Å². The Bertz CT molecular complexity index is 357. The van der Waals surface area contributed by atoms with E-state index in [2.05, 4.69) is 24.0 Å². The summed E-state index contributed by atoms with van der Waals surface area (Å²) in [6.07, 6.45) is 2.60. The van der Waals surface area contributed by atoms with Gasteiger partial charge in [-0.2, -0.15) is 0 Å². The molecule has 2 nitrogen and oxygen atoms in total. The van der Waals surface area contributed by atoms with Crippen LogP contribution in [0.3, 0.4) is 0 Å². The molecule has 1 unspecified atom stereocenters. The number of rotatable bonds is 4. The van der Waals surface area contributed by atoms with E-state index in [0.717, 1.165) is 18.2 Å². The molecule has 0 aromatic heterocycles. The number of benzene rings is 1. The van der Waals surface area contributed by atoms with Gasteiger partial charge in [0.15, 0.2) is 0 Å². The van der Waals surface area contributed by atoms with Crippen molar-refractivity contribution < 1.29 is 4.74 Å². The van der Waals surface area contributed by atoms with Gasteiger partial charge in [0.1, 0.15) is 5.75 Å². The van der Waals surface area contributed by atoms with Gasteiger partial charge in [-0.3, -0.25) is 0 Å². The molecule has 0 aliphatic carbocycles. The maximum absolute atomic E-state index is 6.49. The molecule has 1 fully saturated rings. The topological polar surface area (TPSA) is 12.5 Å². The summed E-state index contributed by atoms with van der Waals surface area (Å²) in [5, 5.41) is 0.0734. The number of alkyl halides is 1. The number of halogens is 1. The lowest BCUT2D eigenvalue weighted by molar-refractivity contribution is 0.192. The zero-order valence-corrected chi connectivity index (χ0v) is 12.0. The van der Waals surface area contributed by atoms with Gasteiger partial charge < -0.3 is 9.64 Å². The van der Waals surface area contributed by atoms with Crippen molar-refractivity contribution in [2.75, 3.05) is 26.7 Å². The minimum Gasteiger partial charge on any atom is -0.497 e. The van der Waals surface area contributed by atoms with Gasteiger partial charge in [0.05, 0.1) is 12.5 Å². The van der Waals surface area contributed by atoms with Crippen LogP contribution in [0.25, 0.3) is 0 Å². The van der Waals surface area contributed by atoms with Crippen LogP contribution in [-0.2, 0) is 0 Å². The second kappa shape index (κ2) is 6.44. The highest BCUT2D eigenvalue weighted by atomic mass is 35.5. The van der Waals surface area contributed by atoms with Crippen molar-refractivity contribution in [3.8, 4) is 5.75 Å². The Morgan fingerprint density at radius 2 is 1.89 bits per heavy atom. The minimum absolute atomic E-state index is 0.0734. The number of likely N-dealkylation sites (tertiary alicyclic amines) is 1. The monoisotopic (exact) mass is 267 g/mol. The molecule has 0 saturated carbocycles. The Kier molecular flexibility index (Phi) is 4.90. The van der Waals surface area contributed by atoms with Gasteiger partial charge in [0.2, 0.25) is 0 Å².